The minimum Gasteiger partial charge on any atom is -0.508 e. The molecule has 102 valence electrons. The van der Waals surface area contributed by atoms with Crippen LogP contribution in [0.3, 0.4) is 0 Å². The topological polar surface area (TPSA) is 61.7 Å². The van der Waals surface area contributed by atoms with Crippen molar-refractivity contribution in [1.82, 2.24) is 5.32 Å². The highest BCUT2D eigenvalue weighted by molar-refractivity contribution is 5.29. The lowest BCUT2D eigenvalue weighted by Crippen LogP contribution is -2.39. The zero-order valence-corrected chi connectivity index (χ0v) is 11.3. The van der Waals surface area contributed by atoms with E-state index >= 15 is 0 Å². The Balaban J connectivity index is 2.48. The second kappa shape index (κ2) is 6.73. The van der Waals surface area contributed by atoms with Gasteiger partial charge in [-0.05, 0) is 31.5 Å². The van der Waals surface area contributed by atoms with Crippen LogP contribution in [0.1, 0.15) is 31.9 Å². The fourth-order valence-corrected chi connectivity index (χ4v) is 1.70. The van der Waals surface area contributed by atoms with Crippen molar-refractivity contribution in [2.45, 2.75) is 31.9 Å². The van der Waals surface area contributed by atoms with Gasteiger partial charge in [-0.15, -0.1) is 0 Å². The van der Waals surface area contributed by atoms with E-state index in [9.17, 15) is 10.2 Å². The molecule has 0 bridgehead atoms. The van der Waals surface area contributed by atoms with E-state index in [1.165, 1.54) is 0 Å². The largest absolute Gasteiger partial charge is 0.508 e. The molecule has 3 N–H and O–H groups in total. The maximum absolute atomic E-state index is 10.1. The van der Waals surface area contributed by atoms with Crippen LogP contribution >= 0.6 is 0 Å². The minimum absolute atomic E-state index is 0.0751. The van der Waals surface area contributed by atoms with Gasteiger partial charge in [-0.1, -0.05) is 12.1 Å². The molecule has 0 heterocycles. The molecule has 0 aromatic heterocycles. The number of rotatable bonds is 7. The molecule has 1 rings (SSSR count). The fourth-order valence-electron chi connectivity index (χ4n) is 1.70. The third-order valence-corrected chi connectivity index (χ3v) is 3.00. The molecule has 0 aliphatic rings. The highest BCUT2D eigenvalue weighted by Crippen LogP contribution is 2.18. The Morgan fingerprint density at radius 3 is 2.78 bits per heavy atom. The predicted octanol–water partition coefficient (Wildman–Crippen LogP) is 1.83. The lowest BCUT2D eigenvalue weighted by atomic mass is 10.0. The summed E-state index contributed by atoms with van der Waals surface area (Å²) in [5.41, 5.74) is 0.207. The SMILES string of the molecule is COCCC(C)(O)CNC(C)c1cccc(O)c1. The minimum atomic E-state index is -0.791. The van der Waals surface area contributed by atoms with E-state index in [1.54, 1.807) is 26.2 Å². The van der Waals surface area contributed by atoms with Crippen LogP contribution in [-0.2, 0) is 4.74 Å². The number of hydrogen-bond donors (Lipinski definition) is 3. The third-order valence-electron chi connectivity index (χ3n) is 3.00. The van der Waals surface area contributed by atoms with Crippen LogP contribution in [0.15, 0.2) is 24.3 Å². The van der Waals surface area contributed by atoms with Crippen molar-refractivity contribution in [2.75, 3.05) is 20.3 Å². The Kier molecular flexibility index (Phi) is 5.59. The van der Waals surface area contributed by atoms with E-state index in [0.717, 1.165) is 5.56 Å². The van der Waals surface area contributed by atoms with Crippen molar-refractivity contribution in [2.24, 2.45) is 0 Å². The summed E-state index contributed by atoms with van der Waals surface area (Å²) in [5.74, 6) is 0.257. The molecule has 0 amide bonds. The summed E-state index contributed by atoms with van der Waals surface area (Å²) in [4.78, 5) is 0. The number of nitrogens with one attached hydrogen (secondary N) is 1. The number of phenolic OH excluding ortho intramolecular Hbond substituents is 1. The maximum Gasteiger partial charge on any atom is 0.115 e. The van der Waals surface area contributed by atoms with E-state index in [2.05, 4.69) is 5.32 Å². The van der Waals surface area contributed by atoms with Gasteiger partial charge in [-0.2, -0.15) is 0 Å². The van der Waals surface area contributed by atoms with Crippen LogP contribution < -0.4 is 5.32 Å². The lowest BCUT2D eigenvalue weighted by Gasteiger charge is -2.26. The summed E-state index contributed by atoms with van der Waals surface area (Å²) >= 11 is 0. The van der Waals surface area contributed by atoms with Gasteiger partial charge in [0, 0.05) is 32.7 Å². The Hall–Kier alpha value is -1.10. The van der Waals surface area contributed by atoms with Crippen molar-refractivity contribution in [3.05, 3.63) is 29.8 Å². The number of phenols is 1. The molecule has 1 aromatic rings. The maximum atomic E-state index is 10.1. The Morgan fingerprint density at radius 1 is 1.44 bits per heavy atom. The molecule has 0 aliphatic carbocycles. The van der Waals surface area contributed by atoms with Crippen LogP contribution in [0.4, 0.5) is 0 Å². The zero-order chi connectivity index (χ0) is 13.6. The van der Waals surface area contributed by atoms with Crippen molar-refractivity contribution in [3.8, 4) is 5.75 Å². The number of aromatic hydroxyl groups is 1. The van der Waals surface area contributed by atoms with Gasteiger partial charge in [-0.25, -0.2) is 0 Å². The van der Waals surface area contributed by atoms with Crippen molar-refractivity contribution < 1.29 is 14.9 Å². The summed E-state index contributed by atoms with van der Waals surface area (Å²) < 4.78 is 4.96. The Bertz CT molecular complexity index is 366. The first-order valence-corrected chi connectivity index (χ1v) is 6.18. The molecule has 0 spiro atoms. The fraction of sp³-hybridized carbons (Fsp3) is 0.571. The molecule has 0 radical (unpaired) electrons. The van der Waals surface area contributed by atoms with Gasteiger partial charge in [0.2, 0.25) is 0 Å². The Labute approximate surface area is 109 Å². The van der Waals surface area contributed by atoms with Gasteiger partial charge in [0.25, 0.3) is 0 Å². The monoisotopic (exact) mass is 253 g/mol. The summed E-state index contributed by atoms with van der Waals surface area (Å²) in [6, 6.07) is 7.20. The molecule has 18 heavy (non-hydrogen) atoms. The molecule has 1 aromatic carbocycles. The second-order valence-electron chi connectivity index (χ2n) is 4.94. The number of ether oxygens (including phenoxy) is 1. The standard InChI is InChI=1S/C14H23NO3/c1-11(12-5-4-6-13(16)9-12)15-10-14(2,17)7-8-18-3/h4-6,9,11,15-17H,7-8,10H2,1-3H3. The zero-order valence-electron chi connectivity index (χ0n) is 11.3. The van der Waals surface area contributed by atoms with Gasteiger partial charge in [0.15, 0.2) is 0 Å². The van der Waals surface area contributed by atoms with Crippen LogP contribution in [0.5, 0.6) is 5.75 Å². The van der Waals surface area contributed by atoms with Crippen LogP contribution in [0.25, 0.3) is 0 Å². The van der Waals surface area contributed by atoms with Gasteiger partial charge in [0.05, 0.1) is 5.60 Å². The molecule has 0 aliphatic heterocycles. The van der Waals surface area contributed by atoms with Gasteiger partial charge < -0.3 is 20.3 Å². The molecule has 2 unspecified atom stereocenters. The summed E-state index contributed by atoms with van der Waals surface area (Å²) in [5, 5.41) is 22.8. The molecule has 0 saturated carbocycles. The highest BCUT2D eigenvalue weighted by Gasteiger charge is 2.20. The quantitative estimate of drug-likeness (QED) is 0.694. The van der Waals surface area contributed by atoms with Crippen LogP contribution in [-0.4, -0.2) is 36.1 Å². The van der Waals surface area contributed by atoms with Crippen LogP contribution in [0, 0.1) is 0 Å². The van der Waals surface area contributed by atoms with E-state index in [-0.39, 0.29) is 11.8 Å². The third kappa shape index (κ3) is 5.04. The Morgan fingerprint density at radius 2 is 2.17 bits per heavy atom. The predicted molar refractivity (Wildman–Crippen MR) is 71.6 cm³/mol. The first-order valence-electron chi connectivity index (χ1n) is 6.18. The first-order chi connectivity index (χ1) is 8.44. The molecule has 4 nitrogen and oxygen atoms in total. The van der Waals surface area contributed by atoms with E-state index in [0.29, 0.717) is 19.6 Å². The molecule has 0 fully saturated rings. The normalized spacial score (nSPS) is 16.2. The summed E-state index contributed by atoms with van der Waals surface area (Å²) in [6.07, 6.45) is 0.587. The van der Waals surface area contributed by atoms with E-state index in [4.69, 9.17) is 4.74 Å². The number of hydrogen-bond acceptors (Lipinski definition) is 4. The second-order valence-corrected chi connectivity index (χ2v) is 4.94. The van der Waals surface area contributed by atoms with Gasteiger partial charge in [-0.3, -0.25) is 0 Å². The molecule has 4 heteroatoms. The van der Waals surface area contributed by atoms with Gasteiger partial charge in [0.1, 0.15) is 5.75 Å². The number of aliphatic hydroxyl groups is 1. The number of benzene rings is 1. The summed E-state index contributed by atoms with van der Waals surface area (Å²) in [7, 11) is 1.62. The van der Waals surface area contributed by atoms with Crippen molar-refractivity contribution in [1.29, 1.82) is 0 Å². The average Bonchev–Trinajstić information content (AvgIpc) is 2.34. The smallest absolute Gasteiger partial charge is 0.115 e. The van der Waals surface area contributed by atoms with Crippen molar-refractivity contribution in [3.63, 3.8) is 0 Å². The average molecular weight is 253 g/mol. The first kappa shape index (κ1) is 15.0. The van der Waals surface area contributed by atoms with Crippen molar-refractivity contribution >= 4 is 0 Å². The molecule has 0 saturated heterocycles. The summed E-state index contributed by atoms with van der Waals surface area (Å²) in [6.45, 7) is 4.80. The number of methoxy groups -OCH3 is 1. The van der Waals surface area contributed by atoms with E-state index in [1.807, 2.05) is 19.1 Å². The highest BCUT2D eigenvalue weighted by atomic mass is 16.5. The molecular weight excluding hydrogens is 230 g/mol. The molecular formula is C14H23NO3. The van der Waals surface area contributed by atoms with Crippen LogP contribution in [0.2, 0.25) is 0 Å². The van der Waals surface area contributed by atoms with Gasteiger partial charge >= 0.3 is 0 Å². The lowest BCUT2D eigenvalue weighted by molar-refractivity contribution is 0.0231. The molecule has 2 atom stereocenters. The van der Waals surface area contributed by atoms with E-state index < -0.39 is 5.60 Å².